The van der Waals surface area contributed by atoms with E-state index in [1.807, 2.05) is 66.7 Å². The second kappa shape index (κ2) is 8.92. The van der Waals surface area contributed by atoms with Crippen LogP contribution in [0.3, 0.4) is 0 Å². The lowest BCUT2D eigenvalue weighted by molar-refractivity contribution is 0.102. The van der Waals surface area contributed by atoms with E-state index in [-0.39, 0.29) is 5.56 Å². The number of nitrogens with one attached hydrogen (secondary N) is 3. The smallest absolute Gasteiger partial charge is 0.258 e. The molecule has 0 atom stereocenters. The second-order valence-electron chi connectivity index (χ2n) is 6.70. The van der Waals surface area contributed by atoms with Crippen molar-refractivity contribution < 1.29 is 9.18 Å². The summed E-state index contributed by atoms with van der Waals surface area (Å²) in [6.07, 6.45) is 0. The summed E-state index contributed by atoms with van der Waals surface area (Å²) >= 11 is 0. The highest BCUT2D eigenvalue weighted by molar-refractivity contribution is 6.04. The zero-order chi connectivity index (χ0) is 20.8. The number of hydrogen-bond acceptors (Lipinski definition) is 3. The minimum Gasteiger partial charge on any atom is -0.356 e. The molecule has 0 aliphatic heterocycles. The van der Waals surface area contributed by atoms with Crippen LogP contribution in [0.25, 0.3) is 0 Å². The van der Waals surface area contributed by atoms with E-state index in [1.54, 1.807) is 24.3 Å². The Balaban J connectivity index is 1.36. The highest BCUT2D eigenvalue weighted by Gasteiger charge is 2.10. The van der Waals surface area contributed by atoms with E-state index in [1.165, 1.54) is 12.1 Å². The van der Waals surface area contributed by atoms with E-state index in [4.69, 9.17) is 0 Å². The van der Waals surface area contributed by atoms with Gasteiger partial charge in [-0.05, 0) is 72.8 Å². The van der Waals surface area contributed by atoms with E-state index in [0.717, 1.165) is 22.7 Å². The van der Waals surface area contributed by atoms with Gasteiger partial charge in [-0.3, -0.25) is 4.79 Å². The topological polar surface area (TPSA) is 53.2 Å². The third kappa shape index (κ3) is 4.83. The van der Waals surface area contributed by atoms with Crippen molar-refractivity contribution in [2.45, 2.75) is 0 Å². The summed E-state index contributed by atoms with van der Waals surface area (Å²) in [5.41, 5.74) is 4.46. The molecule has 0 radical (unpaired) electrons. The van der Waals surface area contributed by atoms with E-state index < -0.39 is 11.7 Å². The van der Waals surface area contributed by atoms with Gasteiger partial charge >= 0.3 is 0 Å². The molecule has 3 N–H and O–H groups in total. The minimum atomic E-state index is -0.543. The fourth-order valence-corrected chi connectivity index (χ4v) is 2.97. The van der Waals surface area contributed by atoms with Crippen molar-refractivity contribution in [2.24, 2.45) is 0 Å². The summed E-state index contributed by atoms with van der Waals surface area (Å²) in [4.78, 5) is 12.2. The molecule has 0 unspecified atom stereocenters. The Morgan fingerprint density at radius 2 is 0.967 bits per heavy atom. The lowest BCUT2D eigenvalue weighted by atomic mass is 10.2. The molecule has 5 heteroatoms. The molecule has 4 rings (SSSR count). The SMILES string of the molecule is O=C(Nc1ccc(Nc2ccc(Nc3ccccc3)cc2)cc1)c1ccccc1F. The average Bonchev–Trinajstić information content (AvgIpc) is 2.77. The molecule has 0 aliphatic carbocycles. The first kappa shape index (κ1) is 19.2. The molecule has 0 aromatic heterocycles. The number of benzene rings is 4. The summed E-state index contributed by atoms with van der Waals surface area (Å²) in [6, 6.07) is 31.1. The summed E-state index contributed by atoms with van der Waals surface area (Å²) in [5.74, 6) is -1.02. The molecule has 0 heterocycles. The lowest BCUT2D eigenvalue weighted by Gasteiger charge is -2.11. The molecular formula is C25H20FN3O. The molecule has 0 bridgehead atoms. The summed E-state index contributed by atoms with van der Waals surface area (Å²) in [7, 11) is 0. The first-order valence-electron chi connectivity index (χ1n) is 9.52. The fourth-order valence-electron chi connectivity index (χ4n) is 2.97. The van der Waals surface area contributed by atoms with Crippen LogP contribution >= 0.6 is 0 Å². The number of carbonyl (C=O) groups excluding carboxylic acids is 1. The van der Waals surface area contributed by atoms with E-state index in [0.29, 0.717) is 5.69 Å². The lowest BCUT2D eigenvalue weighted by Crippen LogP contribution is -2.13. The first-order valence-corrected chi connectivity index (χ1v) is 9.52. The molecule has 4 aromatic rings. The standard InChI is InChI=1S/C25H20FN3O/c26-24-9-5-4-8-23(24)25(30)29-22-16-14-21(15-17-22)28-20-12-10-19(11-13-20)27-18-6-2-1-3-7-18/h1-17,27-28H,(H,29,30). The van der Waals surface area contributed by atoms with Gasteiger partial charge in [0, 0.05) is 28.4 Å². The first-order chi connectivity index (χ1) is 14.7. The Kier molecular flexibility index (Phi) is 5.71. The van der Waals surface area contributed by atoms with Crippen LogP contribution in [0.1, 0.15) is 10.4 Å². The molecule has 1 amide bonds. The van der Waals surface area contributed by atoms with Crippen LogP contribution in [-0.2, 0) is 0 Å². The van der Waals surface area contributed by atoms with Crippen molar-refractivity contribution in [3.8, 4) is 0 Å². The maximum absolute atomic E-state index is 13.7. The molecule has 0 saturated heterocycles. The molecule has 4 nitrogen and oxygen atoms in total. The predicted molar refractivity (Wildman–Crippen MR) is 120 cm³/mol. The maximum Gasteiger partial charge on any atom is 0.258 e. The number of carbonyl (C=O) groups is 1. The van der Waals surface area contributed by atoms with Crippen LogP contribution in [0, 0.1) is 5.82 Å². The zero-order valence-corrected chi connectivity index (χ0v) is 16.1. The van der Waals surface area contributed by atoms with Crippen molar-refractivity contribution in [1.29, 1.82) is 0 Å². The van der Waals surface area contributed by atoms with Gasteiger partial charge in [0.2, 0.25) is 0 Å². The number of rotatable bonds is 6. The van der Waals surface area contributed by atoms with Crippen molar-refractivity contribution in [1.82, 2.24) is 0 Å². The van der Waals surface area contributed by atoms with Crippen LogP contribution in [0.2, 0.25) is 0 Å². The van der Waals surface area contributed by atoms with Gasteiger partial charge in [0.15, 0.2) is 0 Å². The Labute approximate surface area is 174 Å². The molecule has 0 aliphatic rings. The normalized spacial score (nSPS) is 10.3. The van der Waals surface area contributed by atoms with E-state index >= 15 is 0 Å². The fraction of sp³-hybridized carbons (Fsp3) is 0. The quantitative estimate of drug-likeness (QED) is 0.345. The predicted octanol–water partition coefficient (Wildman–Crippen LogP) is 6.57. The Bertz CT molecular complexity index is 1130. The molecule has 0 fully saturated rings. The van der Waals surface area contributed by atoms with Gasteiger partial charge in [0.1, 0.15) is 5.82 Å². The van der Waals surface area contributed by atoms with Crippen LogP contribution in [0.4, 0.5) is 32.8 Å². The van der Waals surface area contributed by atoms with E-state index in [2.05, 4.69) is 16.0 Å². The number of amides is 1. The molecule has 0 saturated carbocycles. The van der Waals surface area contributed by atoms with E-state index in [9.17, 15) is 9.18 Å². The Hall–Kier alpha value is -4.12. The van der Waals surface area contributed by atoms with Crippen LogP contribution in [0.5, 0.6) is 0 Å². The molecule has 30 heavy (non-hydrogen) atoms. The van der Waals surface area contributed by atoms with Crippen molar-refractivity contribution in [3.05, 3.63) is 115 Å². The van der Waals surface area contributed by atoms with Gasteiger partial charge in [-0.2, -0.15) is 0 Å². The maximum atomic E-state index is 13.7. The monoisotopic (exact) mass is 397 g/mol. The van der Waals surface area contributed by atoms with Crippen LogP contribution in [-0.4, -0.2) is 5.91 Å². The Morgan fingerprint density at radius 1 is 0.533 bits per heavy atom. The second-order valence-corrected chi connectivity index (χ2v) is 6.70. The van der Waals surface area contributed by atoms with Crippen LogP contribution < -0.4 is 16.0 Å². The Morgan fingerprint density at radius 3 is 1.50 bits per heavy atom. The van der Waals surface area contributed by atoms with Crippen LogP contribution in [0.15, 0.2) is 103 Å². The number of anilines is 5. The van der Waals surface area contributed by atoms with Gasteiger partial charge < -0.3 is 16.0 Å². The van der Waals surface area contributed by atoms with Crippen molar-refractivity contribution in [2.75, 3.05) is 16.0 Å². The minimum absolute atomic E-state index is 0.0175. The third-order valence-corrected chi connectivity index (χ3v) is 4.50. The third-order valence-electron chi connectivity index (χ3n) is 4.50. The summed E-state index contributed by atoms with van der Waals surface area (Å²) < 4.78 is 13.7. The summed E-state index contributed by atoms with van der Waals surface area (Å²) in [6.45, 7) is 0. The highest BCUT2D eigenvalue weighted by atomic mass is 19.1. The average molecular weight is 397 g/mol. The van der Waals surface area contributed by atoms with Crippen molar-refractivity contribution in [3.63, 3.8) is 0 Å². The molecule has 4 aromatic carbocycles. The molecular weight excluding hydrogens is 377 g/mol. The molecule has 0 spiro atoms. The largest absolute Gasteiger partial charge is 0.356 e. The summed E-state index contributed by atoms with van der Waals surface area (Å²) in [5, 5.41) is 9.36. The van der Waals surface area contributed by atoms with Gasteiger partial charge in [-0.1, -0.05) is 30.3 Å². The number of para-hydroxylation sites is 1. The number of hydrogen-bond donors (Lipinski definition) is 3. The zero-order valence-electron chi connectivity index (χ0n) is 16.1. The van der Waals surface area contributed by atoms with Gasteiger partial charge in [-0.25, -0.2) is 4.39 Å². The van der Waals surface area contributed by atoms with Gasteiger partial charge in [0.25, 0.3) is 5.91 Å². The molecule has 148 valence electrons. The number of halogens is 1. The van der Waals surface area contributed by atoms with Gasteiger partial charge in [0.05, 0.1) is 5.56 Å². The highest BCUT2D eigenvalue weighted by Crippen LogP contribution is 2.23. The van der Waals surface area contributed by atoms with Crippen molar-refractivity contribution >= 4 is 34.3 Å². The van der Waals surface area contributed by atoms with Gasteiger partial charge in [-0.15, -0.1) is 0 Å².